The van der Waals surface area contributed by atoms with E-state index in [9.17, 15) is 8.42 Å². The van der Waals surface area contributed by atoms with Gasteiger partial charge in [-0.05, 0) is 31.4 Å². The molecule has 0 heterocycles. The minimum Gasteiger partial charge on any atom is -0.313 e. The molecule has 0 radical (unpaired) electrons. The van der Waals surface area contributed by atoms with E-state index in [2.05, 4.69) is 12.2 Å². The Kier molecular flexibility index (Phi) is 6.24. The molecule has 1 aromatic rings. The average molecular weight is 309 g/mol. The molecule has 1 saturated carbocycles. The number of sulfone groups is 1. The molecule has 1 fully saturated rings. The molecule has 0 bridgehead atoms. The van der Waals surface area contributed by atoms with Gasteiger partial charge in [-0.1, -0.05) is 56.5 Å². The van der Waals surface area contributed by atoms with Gasteiger partial charge in [-0.15, -0.1) is 0 Å². The molecule has 3 nitrogen and oxygen atoms in total. The number of nitrogens with one attached hydrogen (secondary N) is 1. The van der Waals surface area contributed by atoms with Gasteiger partial charge in [0.2, 0.25) is 0 Å². The summed E-state index contributed by atoms with van der Waals surface area (Å²) in [4.78, 5) is 0. The predicted octanol–water partition coefficient (Wildman–Crippen LogP) is 3.30. The van der Waals surface area contributed by atoms with Crippen LogP contribution >= 0.6 is 0 Å². The highest BCUT2D eigenvalue weighted by atomic mass is 32.2. The monoisotopic (exact) mass is 309 g/mol. The second kappa shape index (κ2) is 7.95. The van der Waals surface area contributed by atoms with Crippen molar-refractivity contribution in [2.45, 2.75) is 62.5 Å². The minimum atomic E-state index is -3.10. The quantitative estimate of drug-likeness (QED) is 0.820. The number of rotatable bonds is 6. The fourth-order valence-corrected chi connectivity index (χ4v) is 5.31. The van der Waals surface area contributed by atoms with Crippen molar-refractivity contribution in [3.8, 4) is 0 Å². The van der Waals surface area contributed by atoms with Gasteiger partial charge < -0.3 is 5.32 Å². The molecular weight excluding hydrogens is 282 g/mol. The van der Waals surface area contributed by atoms with Gasteiger partial charge in [0, 0.05) is 6.04 Å². The standard InChI is InChI=1S/C17H27NO2S/c1-2-13-18-16-11-7-4-8-12-17(16)21(19,20)14-15-9-5-3-6-10-15/h3,5-6,9-10,16-18H,2,4,7-8,11-14H2,1H3. The van der Waals surface area contributed by atoms with Gasteiger partial charge >= 0.3 is 0 Å². The molecule has 21 heavy (non-hydrogen) atoms. The zero-order chi connectivity index (χ0) is 15.1. The van der Waals surface area contributed by atoms with E-state index in [1.54, 1.807) is 0 Å². The molecule has 1 aromatic carbocycles. The van der Waals surface area contributed by atoms with Gasteiger partial charge in [0.25, 0.3) is 0 Å². The van der Waals surface area contributed by atoms with Gasteiger partial charge in [-0.25, -0.2) is 8.42 Å². The molecule has 1 aliphatic carbocycles. The average Bonchev–Trinajstić information content (AvgIpc) is 2.71. The Balaban J connectivity index is 2.13. The first kappa shape index (κ1) is 16.5. The lowest BCUT2D eigenvalue weighted by atomic mass is 10.1. The van der Waals surface area contributed by atoms with E-state index < -0.39 is 9.84 Å². The van der Waals surface area contributed by atoms with E-state index in [4.69, 9.17) is 0 Å². The summed E-state index contributed by atoms with van der Waals surface area (Å²) in [6, 6.07) is 9.68. The van der Waals surface area contributed by atoms with Crippen LogP contribution in [-0.4, -0.2) is 26.3 Å². The smallest absolute Gasteiger partial charge is 0.158 e. The Morgan fingerprint density at radius 1 is 1.10 bits per heavy atom. The third-order valence-corrected chi connectivity index (χ3v) is 6.50. The third kappa shape index (κ3) is 4.82. The van der Waals surface area contributed by atoms with E-state index in [-0.39, 0.29) is 17.0 Å². The van der Waals surface area contributed by atoms with E-state index >= 15 is 0 Å². The first-order chi connectivity index (χ1) is 10.1. The summed E-state index contributed by atoms with van der Waals surface area (Å²) < 4.78 is 25.7. The highest BCUT2D eigenvalue weighted by molar-refractivity contribution is 7.91. The highest BCUT2D eigenvalue weighted by Gasteiger charge is 2.33. The molecule has 2 rings (SSSR count). The molecule has 0 amide bonds. The Morgan fingerprint density at radius 2 is 1.81 bits per heavy atom. The largest absolute Gasteiger partial charge is 0.313 e. The molecule has 0 saturated heterocycles. The summed E-state index contributed by atoms with van der Waals surface area (Å²) in [7, 11) is -3.10. The highest BCUT2D eigenvalue weighted by Crippen LogP contribution is 2.26. The lowest BCUT2D eigenvalue weighted by Gasteiger charge is -2.26. The van der Waals surface area contributed by atoms with Crippen LogP contribution in [0.3, 0.4) is 0 Å². The lowest BCUT2D eigenvalue weighted by molar-refractivity contribution is 0.450. The molecule has 1 aliphatic rings. The fraction of sp³-hybridized carbons (Fsp3) is 0.647. The normalized spacial score (nSPS) is 23.7. The van der Waals surface area contributed by atoms with Crippen LogP contribution in [0.25, 0.3) is 0 Å². The van der Waals surface area contributed by atoms with Crippen molar-refractivity contribution < 1.29 is 8.42 Å². The van der Waals surface area contributed by atoms with E-state index in [1.165, 1.54) is 0 Å². The molecule has 4 heteroatoms. The summed E-state index contributed by atoms with van der Waals surface area (Å²) in [5.41, 5.74) is 0.899. The van der Waals surface area contributed by atoms with Crippen molar-refractivity contribution in [1.82, 2.24) is 5.32 Å². The van der Waals surface area contributed by atoms with Crippen LogP contribution in [0.4, 0.5) is 0 Å². The molecule has 0 aromatic heterocycles. The van der Waals surface area contributed by atoms with Crippen LogP contribution in [0.5, 0.6) is 0 Å². The van der Waals surface area contributed by atoms with Crippen molar-refractivity contribution in [3.63, 3.8) is 0 Å². The second-order valence-corrected chi connectivity index (χ2v) is 8.25. The number of hydrogen-bond donors (Lipinski definition) is 1. The summed E-state index contributed by atoms with van der Waals surface area (Å²) in [6.07, 6.45) is 6.15. The Bertz CT molecular complexity index is 513. The van der Waals surface area contributed by atoms with E-state index in [0.29, 0.717) is 0 Å². The zero-order valence-electron chi connectivity index (χ0n) is 12.9. The maximum Gasteiger partial charge on any atom is 0.158 e. The van der Waals surface area contributed by atoms with Gasteiger partial charge in [0.15, 0.2) is 9.84 Å². The summed E-state index contributed by atoms with van der Waals surface area (Å²) >= 11 is 0. The number of hydrogen-bond acceptors (Lipinski definition) is 3. The van der Waals surface area contributed by atoms with Gasteiger partial charge in [0.1, 0.15) is 0 Å². The maximum absolute atomic E-state index is 12.8. The van der Waals surface area contributed by atoms with Crippen LogP contribution in [-0.2, 0) is 15.6 Å². The molecule has 0 spiro atoms. The maximum atomic E-state index is 12.8. The fourth-order valence-electron chi connectivity index (χ4n) is 3.18. The summed E-state index contributed by atoms with van der Waals surface area (Å²) in [5.74, 6) is 0.169. The van der Waals surface area contributed by atoms with Gasteiger partial charge in [-0.3, -0.25) is 0 Å². The molecule has 2 unspecified atom stereocenters. The predicted molar refractivity (Wildman–Crippen MR) is 88.0 cm³/mol. The van der Waals surface area contributed by atoms with Crippen molar-refractivity contribution in [2.24, 2.45) is 0 Å². The van der Waals surface area contributed by atoms with Gasteiger partial charge in [-0.2, -0.15) is 0 Å². The molecule has 1 N–H and O–H groups in total. The summed E-state index contributed by atoms with van der Waals surface area (Å²) in [5, 5.41) is 3.24. The Labute approximate surface area is 129 Å². The lowest BCUT2D eigenvalue weighted by Crippen LogP contribution is -2.44. The van der Waals surface area contributed by atoms with Crippen LogP contribution in [0, 0.1) is 0 Å². The van der Waals surface area contributed by atoms with Crippen molar-refractivity contribution in [1.29, 1.82) is 0 Å². The topological polar surface area (TPSA) is 46.2 Å². The molecule has 2 atom stereocenters. The van der Waals surface area contributed by atoms with Crippen LogP contribution in [0.1, 0.15) is 51.0 Å². The molecule has 118 valence electrons. The second-order valence-electron chi connectivity index (χ2n) is 6.03. The Morgan fingerprint density at radius 3 is 2.52 bits per heavy atom. The zero-order valence-corrected chi connectivity index (χ0v) is 13.7. The Hall–Kier alpha value is -0.870. The van der Waals surface area contributed by atoms with Crippen molar-refractivity contribution in [3.05, 3.63) is 35.9 Å². The first-order valence-electron chi connectivity index (χ1n) is 8.12. The number of benzene rings is 1. The first-order valence-corrected chi connectivity index (χ1v) is 9.84. The molecular formula is C17H27NO2S. The van der Waals surface area contributed by atoms with E-state index in [1.807, 2.05) is 30.3 Å². The minimum absolute atomic E-state index is 0.126. The van der Waals surface area contributed by atoms with Crippen LogP contribution in [0.2, 0.25) is 0 Å². The van der Waals surface area contributed by atoms with E-state index in [0.717, 1.165) is 50.6 Å². The molecule has 0 aliphatic heterocycles. The van der Waals surface area contributed by atoms with Crippen LogP contribution in [0.15, 0.2) is 30.3 Å². The summed E-state index contributed by atoms with van der Waals surface area (Å²) in [6.45, 7) is 3.03. The van der Waals surface area contributed by atoms with Gasteiger partial charge in [0.05, 0.1) is 11.0 Å². The van der Waals surface area contributed by atoms with Crippen molar-refractivity contribution in [2.75, 3.05) is 6.54 Å². The van der Waals surface area contributed by atoms with Crippen molar-refractivity contribution >= 4 is 9.84 Å². The SMILES string of the molecule is CCCNC1CCCCCC1S(=O)(=O)Cc1ccccc1. The third-order valence-electron chi connectivity index (χ3n) is 4.28. The van der Waals surface area contributed by atoms with Crippen LogP contribution < -0.4 is 5.32 Å².